The number of esters is 2. The van der Waals surface area contributed by atoms with Crippen LogP contribution in [0, 0.1) is 11.8 Å². The molecule has 3 unspecified atom stereocenters. The van der Waals surface area contributed by atoms with Crippen LogP contribution in [0.4, 0.5) is 0 Å². The number of para-hydroxylation sites is 1. The SMILES string of the molecule is COc1cccc(CCc2ccccc2OC[C@@H](CN(C)C)C(CC(=O)OC(C(Cl)(Cl)Cl)P(=O)(OC)OC)C(=O)OC(C(Cl)(Cl)Cl)P(=O)(OC)OC)c1. The largest absolute Gasteiger partial charge is 0.497 e. The van der Waals surface area contributed by atoms with E-state index in [0.717, 1.165) is 45.3 Å². The van der Waals surface area contributed by atoms with Crippen molar-refractivity contribution < 1.29 is 55.8 Å². The highest BCUT2D eigenvalue weighted by molar-refractivity contribution is 7.55. The van der Waals surface area contributed by atoms with E-state index >= 15 is 0 Å². The first-order valence-electron chi connectivity index (χ1n) is 15.6. The molecule has 2 aromatic rings. The van der Waals surface area contributed by atoms with Gasteiger partial charge in [0.05, 0.1) is 26.1 Å². The molecule has 300 valence electrons. The van der Waals surface area contributed by atoms with Crippen molar-refractivity contribution in [2.24, 2.45) is 11.8 Å². The lowest BCUT2D eigenvalue weighted by atomic mass is 9.89. The molecule has 53 heavy (non-hydrogen) atoms. The summed E-state index contributed by atoms with van der Waals surface area (Å²) in [5.74, 6) is -7.63. The minimum absolute atomic E-state index is 0.117. The number of halogens is 6. The van der Waals surface area contributed by atoms with Crippen molar-refractivity contribution in [3.63, 3.8) is 0 Å². The van der Waals surface area contributed by atoms with Gasteiger partial charge in [-0.15, -0.1) is 0 Å². The van der Waals surface area contributed by atoms with Crippen LogP contribution in [0.25, 0.3) is 0 Å². The second-order valence-corrected chi connectivity index (χ2v) is 20.9. The van der Waals surface area contributed by atoms with Crippen LogP contribution in [-0.4, -0.2) is 98.9 Å². The summed E-state index contributed by atoms with van der Waals surface area (Å²) in [6, 6.07) is 15.0. The van der Waals surface area contributed by atoms with Gasteiger partial charge in [-0.05, 0) is 56.3 Å². The molecule has 0 spiro atoms. The average Bonchev–Trinajstić information content (AvgIpc) is 3.11. The van der Waals surface area contributed by atoms with Crippen LogP contribution in [0.5, 0.6) is 11.5 Å². The summed E-state index contributed by atoms with van der Waals surface area (Å²) in [7, 11) is 0.272. The zero-order chi connectivity index (χ0) is 40.2. The van der Waals surface area contributed by atoms with Gasteiger partial charge in [-0.1, -0.05) is 99.9 Å². The molecule has 0 saturated carbocycles. The van der Waals surface area contributed by atoms with E-state index in [1.54, 1.807) is 38.2 Å². The number of nitrogens with zero attached hydrogens (tertiary/aromatic N) is 1. The third-order valence-corrected chi connectivity index (χ3v) is 14.0. The first-order valence-corrected chi connectivity index (χ1v) is 21.1. The number of rotatable bonds is 21. The molecule has 0 bridgehead atoms. The molecular formula is C32H43Cl6NO12P2. The summed E-state index contributed by atoms with van der Waals surface area (Å²) in [6.07, 6.45) is 0.457. The van der Waals surface area contributed by atoms with Crippen LogP contribution in [-0.2, 0) is 59.1 Å². The minimum atomic E-state index is -4.41. The maximum absolute atomic E-state index is 14.1. The third kappa shape index (κ3) is 14.5. The molecular weight excluding hydrogens is 865 g/mol. The van der Waals surface area contributed by atoms with Gasteiger partial charge in [0, 0.05) is 40.9 Å². The molecule has 0 aliphatic rings. The fraction of sp³-hybridized carbons (Fsp3) is 0.562. The van der Waals surface area contributed by atoms with Crippen LogP contribution >= 0.6 is 84.8 Å². The molecule has 13 nitrogen and oxygen atoms in total. The lowest BCUT2D eigenvalue weighted by Crippen LogP contribution is -2.42. The zero-order valence-electron chi connectivity index (χ0n) is 30.0. The number of benzene rings is 2. The Hall–Kier alpha value is -1.02. The molecule has 21 heteroatoms. The zero-order valence-corrected chi connectivity index (χ0v) is 36.3. The van der Waals surface area contributed by atoms with Crippen LogP contribution in [0.15, 0.2) is 48.5 Å². The molecule has 0 heterocycles. The van der Waals surface area contributed by atoms with Crippen LogP contribution in [0.2, 0.25) is 0 Å². The van der Waals surface area contributed by atoms with E-state index in [9.17, 15) is 18.7 Å². The summed E-state index contributed by atoms with van der Waals surface area (Å²) >= 11 is 36.4. The van der Waals surface area contributed by atoms with Crippen molar-refractivity contribution in [2.75, 3.05) is 62.8 Å². The van der Waals surface area contributed by atoms with Gasteiger partial charge < -0.3 is 41.9 Å². The van der Waals surface area contributed by atoms with Gasteiger partial charge in [0.2, 0.25) is 19.3 Å². The third-order valence-electron chi connectivity index (χ3n) is 7.72. The molecule has 0 aliphatic carbocycles. The van der Waals surface area contributed by atoms with Crippen molar-refractivity contribution in [3.05, 3.63) is 59.7 Å². The topological polar surface area (TPSA) is 145 Å². The smallest absolute Gasteiger partial charge is 0.374 e. The Kier molecular flexibility index (Phi) is 19.5. The fourth-order valence-electron chi connectivity index (χ4n) is 5.07. The first kappa shape index (κ1) is 48.1. The van der Waals surface area contributed by atoms with Crippen LogP contribution in [0.3, 0.4) is 0 Å². The Morgan fingerprint density at radius 3 is 1.81 bits per heavy atom. The summed E-state index contributed by atoms with van der Waals surface area (Å²) in [5.41, 5.74) is 1.90. The van der Waals surface area contributed by atoms with Gasteiger partial charge in [-0.3, -0.25) is 18.7 Å². The highest BCUT2D eigenvalue weighted by Crippen LogP contribution is 2.61. The Morgan fingerprint density at radius 1 is 0.755 bits per heavy atom. The Morgan fingerprint density at radius 2 is 1.30 bits per heavy atom. The molecule has 0 amide bonds. The number of alkyl halides is 6. The van der Waals surface area contributed by atoms with Gasteiger partial charge in [0.25, 0.3) is 0 Å². The van der Waals surface area contributed by atoms with E-state index in [1.165, 1.54) is 0 Å². The number of ether oxygens (including phenoxy) is 4. The standard InChI is InChI=1S/C32H43Cl6NO12P2/c1-39(2)19-23(20-49-26-14-9-8-12-22(26)16-15-21-11-10-13-24(17-21)44-3)25(28(41)51-30(32(36,37)38)53(43,47-6)48-7)18-27(40)50-29(31(33,34)35)52(42,45-4)46-5/h8-14,17,23,25,29-30H,15-16,18-20H2,1-7H3/t23-,25?,29?,30?/m1/s1. The number of aryl methyl sites for hydroxylation is 2. The Bertz CT molecular complexity index is 1580. The lowest BCUT2D eigenvalue weighted by Gasteiger charge is -2.33. The Labute approximate surface area is 340 Å². The van der Waals surface area contributed by atoms with Crippen LogP contribution in [0.1, 0.15) is 17.5 Å². The molecule has 0 radical (unpaired) electrons. The molecule has 0 fully saturated rings. The number of carbonyl (C=O) groups is 2. The predicted molar refractivity (Wildman–Crippen MR) is 206 cm³/mol. The summed E-state index contributed by atoms with van der Waals surface area (Å²) < 4.78 is 63.9. The monoisotopic (exact) mass is 905 g/mol. The molecule has 0 saturated heterocycles. The van der Waals surface area contributed by atoms with Gasteiger partial charge in [-0.25, -0.2) is 0 Å². The van der Waals surface area contributed by atoms with Gasteiger partial charge in [0.1, 0.15) is 11.5 Å². The van der Waals surface area contributed by atoms with Crippen molar-refractivity contribution in [1.29, 1.82) is 0 Å². The van der Waals surface area contributed by atoms with E-state index in [1.807, 2.05) is 36.4 Å². The molecule has 0 aliphatic heterocycles. The van der Waals surface area contributed by atoms with Crippen LogP contribution < -0.4 is 9.47 Å². The number of hydrogen-bond acceptors (Lipinski definition) is 13. The maximum Gasteiger partial charge on any atom is 0.374 e. The van der Waals surface area contributed by atoms with E-state index < -0.39 is 64.7 Å². The number of methoxy groups -OCH3 is 1. The average molecular weight is 908 g/mol. The maximum atomic E-state index is 14.1. The fourth-order valence-corrected chi connectivity index (χ4v) is 9.74. The highest BCUT2D eigenvalue weighted by atomic mass is 35.6. The van der Waals surface area contributed by atoms with Crippen molar-refractivity contribution in [2.45, 2.75) is 38.5 Å². The summed E-state index contributed by atoms with van der Waals surface area (Å²) in [4.78, 5) is 29.4. The van der Waals surface area contributed by atoms with E-state index in [2.05, 4.69) is 0 Å². The number of carbonyl (C=O) groups excluding carboxylic acids is 2. The first-order chi connectivity index (χ1) is 24.7. The van der Waals surface area contributed by atoms with Gasteiger partial charge >= 0.3 is 27.1 Å². The number of hydrogen-bond donors (Lipinski definition) is 0. The molecule has 0 aromatic heterocycles. The lowest BCUT2D eigenvalue weighted by molar-refractivity contribution is -0.160. The Balaban J connectivity index is 2.55. The molecule has 2 aromatic carbocycles. The van der Waals surface area contributed by atoms with Gasteiger partial charge in [0.15, 0.2) is 0 Å². The van der Waals surface area contributed by atoms with E-state index in [4.69, 9.17) is 107 Å². The summed E-state index contributed by atoms with van der Waals surface area (Å²) in [6.45, 7) is -0.0548. The normalized spacial score (nSPS) is 15.0. The molecule has 2 rings (SSSR count). The van der Waals surface area contributed by atoms with Crippen molar-refractivity contribution >= 4 is 96.7 Å². The van der Waals surface area contributed by atoms with Crippen molar-refractivity contribution in [3.8, 4) is 11.5 Å². The van der Waals surface area contributed by atoms with Gasteiger partial charge in [-0.2, -0.15) is 0 Å². The molecule has 0 N–H and O–H groups in total. The van der Waals surface area contributed by atoms with Crippen molar-refractivity contribution in [1.82, 2.24) is 4.90 Å². The molecule has 4 atom stereocenters. The van der Waals surface area contributed by atoms with E-state index in [0.29, 0.717) is 18.6 Å². The quantitative estimate of drug-likeness (QED) is 0.0671. The highest BCUT2D eigenvalue weighted by Gasteiger charge is 2.54. The van der Waals surface area contributed by atoms with E-state index in [-0.39, 0.29) is 13.2 Å². The minimum Gasteiger partial charge on any atom is -0.497 e. The second-order valence-electron chi connectivity index (χ2n) is 11.6. The summed E-state index contributed by atoms with van der Waals surface area (Å²) in [5, 5.41) is 0. The second kappa shape index (κ2) is 21.5. The predicted octanol–water partition coefficient (Wildman–Crippen LogP) is 8.49.